The van der Waals surface area contributed by atoms with E-state index in [1.54, 1.807) is 18.2 Å². The molecule has 60 valence electrons. The quantitative estimate of drug-likeness (QED) is 0.481. The summed E-state index contributed by atoms with van der Waals surface area (Å²) in [5.74, 6) is 0.306. The Kier molecular flexibility index (Phi) is 3.18. The van der Waals surface area contributed by atoms with Crippen molar-refractivity contribution in [3.05, 3.63) is 36.7 Å². The molecule has 1 aromatic carbocycles. The van der Waals surface area contributed by atoms with Crippen molar-refractivity contribution in [3.8, 4) is 17.2 Å². The molecule has 0 aliphatic carbocycles. The van der Waals surface area contributed by atoms with Crippen molar-refractivity contribution in [3.63, 3.8) is 0 Å². The minimum Gasteiger partial charge on any atom is -0.872 e. The van der Waals surface area contributed by atoms with Crippen LogP contribution in [0.5, 0.6) is 5.75 Å². The molecule has 0 N–H and O–H groups in total. The predicted octanol–water partition coefficient (Wildman–Crippen LogP) is -1.58. The average Bonchev–Trinajstić information content (AvgIpc) is 2.57. The normalized spacial score (nSPS) is 9.23. The summed E-state index contributed by atoms with van der Waals surface area (Å²) >= 11 is 0. The zero-order valence-corrected chi connectivity index (χ0v) is 7.23. The van der Waals surface area contributed by atoms with Crippen molar-refractivity contribution < 1.29 is 28.4 Å². The van der Waals surface area contributed by atoms with E-state index in [1.807, 2.05) is 0 Å². The Hall–Kier alpha value is -1.17. The third-order valence-corrected chi connectivity index (χ3v) is 1.55. The van der Waals surface area contributed by atoms with Gasteiger partial charge in [0.05, 0.1) is 6.20 Å². The first-order chi connectivity index (χ1) is 5.88. The molecule has 0 atom stereocenters. The van der Waals surface area contributed by atoms with Gasteiger partial charge in [0.15, 0.2) is 0 Å². The molecule has 0 radical (unpaired) electrons. The molecule has 0 aliphatic heterocycles. The van der Waals surface area contributed by atoms with E-state index < -0.39 is 0 Å². The van der Waals surface area contributed by atoms with Gasteiger partial charge in [-0.25, -0.2) is 4.98 Å². The van der Waals surface area contributed by atoms with Crippen LogP contribution in [0, 0.1) is 0 Å². The van der Waals surface area contributed by atoms with Crippen LogP contribution in [0.4, 0.5) is 0 Å². The van der Waals surface area contributed by atoms with Gasteiger partial charge in [0.2, 0.25) is 5.89 Å². The van der Waals surface area contributed by atoms with Crippen LogP contribution in [0.15, 0.2) is 41.1 Å². The number of hydrogen-bond donors (Lipinski definition) is 0. The Labute approximate surface area is 87.6 Å². The van der Waals surface area contributed by atoms with E-state index in [2.05, 4.69) is 4.98 Å². The molecule has 0 bridgehead atoms. The van der Waals surface area contributed by atoms with Gasteiger partial charge >= 0.3 is 18.9 Å². The maximum Gasteiger partial charge on any atom is 1.00 e. The smallest absolute Gasteiger partial charge is 0.872 e. The predicted molar refractivity (Wildman–Crippen MR) is 41.4 cm³/mol. The van der Waals surface area contributed by atoms with Gasteiger partial charge < -0.3 is 9.52 Å². The van der Waals surface area contributed by atoms with Crippen molar-refractivity contribution in [2.24, 2.45) is 0 Å². The van der Waals surface area contributed by atoms with Gasteiger partial charge in [-0.05, 0) is 0 Å². The van der Waals surface area contributed by atoms with Gasteiger partial charge in [-0.3, -0.25) is 0 Å². The number of benzene rings is 1. The second kappa shape index (κ2) is 4.17. The molecule has 0 amide bonds. The van der Waals surface area contributed by atoms with Crippen LogP contribution in [-0.4, -0.2) is 4.98 Å². The summed E-state index contributed by atoms with van der Waals surface area (Å²) in [5.41, 5.74) is 0.502. The maximum absolute atomic E-state index is 11.2. The SMILES string of the molecule is [Li+].[O-]c1ccccc1-c1ncco1. The second-order valence-electron chi connectivity index (χ2n) is 2.33. The van der Waals surface area contributed by atoms with Gasteiger partial charge in [-0.1, -0.05) is 30.0 Å². The molecule has 0 fully saturated rings. The van der Waals surface area contributed by atoms with Crippen molar-refractivity contribution in [2.75, 3.05) is 0 Å². The summed E-state index contributed by atoms with van der Waals surface area (Å²) in [5, 5.41) is 11.2. The molecule has 3 nitrogen and oxygen atoms in total. The molecule has 0 unspecified atom stereocenters. The van der Waals surface area contributed by atoms with E-state index in [9.17, 15) is 5.11 Å². The largest absolute Gasteiger partial charge is 1.00 e. The number of oxazole rings is 1. The van der Waals surface area contributed by atoms with Gasteiger partial charge in [0.1, 0.15) is 6.26 Å². The van der Waals surface area contributed by atoms with E-state index in [-0.39, 0.29) is 24.6 Å². The maximum atomic E-state index is 11.2. The minimum atomic E-state index is -0.0695. The first kappa shape index (κ1) is 9.91. The summed E-state index contributed by atoms with van der Waals surface area (Å²) in [7, 11) is 0. The van der Waals surface area contributed by atoms with E-state index in [4.69, 9.17) is 4.42 Å². The van der Waals surface area contributed by atoms with Crippen molar-refractivity contribution >= 4 is 0 Å². The van der Waals surface area contributed by atoms with Gasteiger partial charge in [-0.2, -0.15) is 0 Å². The Morgan fingerprint density at radius 2 is 2.00 bits per heavy atom. The second-order valence-corrected chi connectivity index (χ2v) is 2.33. The minimum absolute atomic E-state index is 0. The van der Waals surface area contributed by atoms with Gasteiger partial charge in [-0.15, -0.1) is 0 Å². The van der Waals surface area contributed by atoms with E-state index >= 15 is 0 Å². The Morgan fingerprint density at radius 1 is 1.23 bits per heavy atom. The molecular formula is C9H6LiNO2. The van der Waals surface area contributed by atoms with Crippen molar-refractivity contribution in [1.29, 1.82) is 0 Å². The molecule has 1 aromatic heterocycles. The van der Waals surface area contributed by atoms with Crippen LogP contribution in [0.1, 0.15) is 0 Å². The molecule has 2 aromatic rings. The third-order valence-electron chi connectivity index (χ3n) is 1.55. The molecular weight excluding hydrogens is 161 g/mol. The van der Waals surface area contributed by atoms with Gasteiger partial charge in [0.25, 0.3) is 0 Å². The molecule has 0 spiro atoms. The van der Waals surface area contributed by atoms with Crippen LogP contribution < -0.4 is 24.0 Å². The summed E-state index contributed by atoms with van der Waals surface area (Å²) in [4.78, 5) is 3.88. The van der Waals surface area contributed by atoms with E-state index in [1.165, 1.54) is 18.5 Å². The summed E-state index contributed by atoms with van der Waals surface area (Å²) in [6, 6.07) is 6.64. The Balaban J connectivity index is 0.000000845. The molecule has 0 saturated carbocycles. The standard InChI is InChI=1S/C9H7NO2.Li/c11-8-4-2-1-3-7(8)9-10-5-6-12-9;/h1-6,11H;/q;+1/p-1. The van der Waals surface area contributed by atoms with E-state index in [0.717, 1.165) is 0 Å². The molecule has 4 heteroatoms. The first-order valence-corrected chi connectivity index (χ1v) is 3.54. The summed E-state index contributed by atoms with van der Waals surface area (Å²) in [6.07, 6.45) is 2.96. The zero-order valence-electron chi connectivity index (χ0n) is 7.23. The van der Waals surface area contributed by atoms with Crippen LogP contribution in [0.25, 0.3) is 11.5 Å². The van der Waals surface area contributed by atoms with Crippen LogP contribution >= 0.6 is 0 Å². The molecule has 0 aliphatic rings. The molecule has 0 saturated heterocycles. The number of nitrogens with zero attached hydrogens (tertiary/aromatic N) is 1. The summed E-state index contributed by atoms with van der Waals surface area (Å²) < 4.78 is 4.99. The monoisotopic (exact) mass is 167 g/mol. The fourth-order valence-corrected chi connectivity index (χ4v) is 1.000. The van der Waals surface area contributed by atoms with Crippen molar-refractivity contribution in [2.45, 2.75) is 0 Å². The number of aromatic nitrogens is 1. The topological polar surface area (TPSA) is 49.1 Å². The molecule has 1 heterocycles. The molecule has 2 rings (SSSR count). The fraction of sp³-hybridized carbons (Fsp3) is 0. The summed E-state index contributed by atoms with van der Waals surface area (Å²) in [6.45, 7) is 0. The van der Waals surface area contributed by atoms with Crippen LogP contribution in [0.3, 0.4) is 0 Å². The van der Waals surface area contributed by atoms with Crippen LogP contribution in [-0.2, 0) is 0 Å². The number of rotatable bonds is 1. The average molecular weight is 167 g/mol. The molecule has 13 heavy (non-hydrogen) atoms. The fourth-order valence-electron chi connectivity index (χ4n) is 1.000. The Morgan fingerprint density at radius 3 is 2.62 bits per heavy atom. The Bertz CT molecular complexity index is 373. The van der Waals surface area contributed by atoms with Gasteiger partial charge in [0, 0.05) is 5.56 Å². The van der Waals surface area contributed by atoms with Crippen molar-refractivity contribution in [1.82, 2.24) is 4.98 Å². The number of para-hydroxylation sites is 1. The van der Waals surface area contributed by atoms with Crippen LogP contribution in [0.2, 0.25) is 0 Å². The number of hydrogen-bond acceptors (Lipinski definition) is 3. The zero-order chi connectivity index (χ0) is 8.39. The van der Waals surface area contributed by atoms with E-state index in [0.29, 0.717) is 11.5 Å². The third kappa shape index (κ3) is 1.95. The first-order valence-electron chi connectivity index (χ1n) is 3.54.